The third kappa shape index (κ3) is 4.19. The molecule has 1 aliphatic carbocycles. The van der Waals surface area contributed by atoms with Gasteiger partial charge < -0.3 is 0 Å². The van der Waals surface area contributed by atoms with E-state index in [1.807, 2.05) is 6.92 Å². The predicted octanol–water partition coefficient (Wildman–Crippen LogP) is 4.31. The number of nitrogens with zero attached hydrogens (tertiary/aromatic N) is 2. The number of halogens is 1. The van der Waals surface area contributed by atoms with Gasteiger partial charge in [0.15, 0.2) is 5.78 Å². The molecule has 3 atom stereocenters. The molecule has 0 N–H and O–H groups in total. The molecule has 1 saturated carbocycles. The van der Waals surface area contributed by atoms with Gasteiger partial charge in [-0.25, -0.2) is 5.01 Å². The maximum absolute atomic E-state index is 13.4. The van der Waals surface area contributed by atoms with E-state index in [-0.39, 0.29) is 11.3 Å². The Labute approximate surface area is 192 Å². The molecule has 6 nitrogen and oxygen atoms in total. The molecular formula is C25H25ClN2O4. The molecule has 4 rings (SSSR count). The van der Waals surface area contributed by atoms with Crippen molar-refractivity contribution in [3.63, 3.8) is 0 Å². The summed E-state index contributed by atoms with van der Waals surface area (Å²) in [7, 11) is 0. The summed E-state index contributed by atoms with van der Waals surface area (Å²) in [5.74, 6) is -2.28. The average molecular weight is 453 g/mol. The number of imide groups is 1. The van der Waals surface area contributed by atoms with E-state index in [2.05, 4.69) is 6.92 Å². The molecule has 0 spiro atoms. The molecule has 0 aromatic heterocycles. The van der Waals surface area contributed by atoms with Crippen LogP contribution < -0.4 is 0 Å². The lowest BCUT2D eigenvalue weighted by Crippen LogP contribution is -2.52. The Kier molecular flexibility index (Phi) is 6.15. The summed E-state index contributed by atoms with van der Waals surface area (Å²) < 4.78 is 0. The largest absolute Gasteiger partial charge is 0.292 e. The van der Waals surface area contributed by atoms with Gasteiger partial charge in [-0.3, -0.25) is 19.2 Å². The van der Waals surface area contributed by atoms with Crippen LogP contribution in [0.4, 0.5) is 0 Å². The van der Waals surface area contributed by atoms with Gasteiger partial charge in [0, 0.05) is 16.1 Å². The number of rotatable bonds is 5. The van der Waals surface area contributed by atoms with Crippen LogP contribution in [-0.4, -0.2) is 40.1 Å². The minimum absolute atomic E-state index is 0.245. The van der Waals surface area contributed by atoms with Crippen LogP contribution in [0.25, 0.3) is 0 Å². The normalized spacial score (nSPS) is 22.6. The maximum atomic E-state index is 13.4. The van der Waals surface area contributed by atoms with Crippen LogP contribution in [-0.2, 0) is 9.59 Å². The molecule has 2 aromatic rings. The van der Waals surface area contributed by atoms with Crippen molar-refractivity contribution in [2.75, 3.05) is 6.54 Å². The summed E-state index contributed by atoms with van der Waals surface area (Å²) in [6.45, 7) is 3.57. The molecule has 1 aliphatic heterocycles. The van der Waals surface area contributed by atoms with Crippen molar-refractivity contribution in [3.8, 4) is 0 Å². The molecule has 2 fully saturated rings. The molecule has 1 heterocycles. The summed E-state index contributed by atoms with van der Waals surface area (Å²) in [6, 6.07) is 13.1. The topological polar surface area (TPSA) is 74.8 Å². The predicted molar refractivity (Wildman–Crippen MR) is 120 cm³/mol. The second kappa shape index (κ2) is 8.87. The number of Topliss-reactive ketones (excluding diaryl/α,β-unsaturated/α-hetero) is 1. The molecule has 3 amide bonds. The lowest BCUT2D eigenvalue weighted by atomic mass is 9.76. The van der Waals surface area contributed by atoms with E-state index in [9.17, 15) is 19.2 Å². The second-order valence-corrected chi connectivity index (χ2v) is 9.21. The zero-order valence-corrected chi connectivity index (χ0v) is 18.8. The molecule has 2 aromatic carbocycles. The standard InChI is InChI=1S/C25H25ClN2O4/c1-15-3-6-17(7-4-15)22(29)14-27(23(30)18-8-10-19(26)11-9-18)28-24(31)20-12-5-16(2)13-21(20)25(28)32/h3-4,6-11,16,20-21H,5,12-14H2,1-2H3/t16-,20-,21+/m1/s1. The first-order valence-electron chi connectivity index (χ1n) is 10.8. The summed E-state index contributed by atoms with van der Waals surface area (Å²) in [5.41, 5.74) is 1.66. The van der Waals surface area contributed by atoms with Crippen LogP contribution in [0.2, 0.25) is 5.02 Å². The molecule has 32 heavy (non-hydrogen) atoms. The van der Waals surface area contributed by atoms with Crippen molar-refractivity contribution < 1.29 is 19.2 Å². The Hall–Kier alpha value is -2.99. The summed E-state index contributed by atoms with van der Waals surface area (Å²) in [5, 5.41) is 2.40. The van der Waals surface area contributed by atoms with E-state index in [0.717, 1.165) is 22.0 Å². The first kappa shape index (κ1) is 22.2. The van der Waals surface area contributed by atoms with E-state index in [0.29, 0.717) is 29.3 Å². The zero-order chi connectivity index (χ0) is 23.0. The number of carbonyl (C=O) groups is 4. The van der Waals surface area contributed by atoms with Crippen molar-refractivity contribution in [3.05, 3.63) is 70.2 Å². The van der Waals surface area contributed by atoms with E-state index >= 15 is 0 Å². The summed E-state index contributed by atoms with van der Waals surface area (Å²) >= 11 is 5.95. The van der Waals surface area contributed by atoms with E-state index in [1.54, 1.807) is 36.4 Å². The van der Waals surface area contributed by atoms with Crippen LogP contribution in [0.3, 0.4) is 0 Å². The van der Waals surface area contributed by atoms with Gasteiger partial charge in [0.2, 0.25) is 0 Å². The lowest BCUT2D eigenvalue weighted by molar-refractivity contribution is -0.154. The van der Waals surface area contributed by atoms with Crippen LogP contribution in [0.15, 0.2) is 48.5 Å². The number of fused-ring (bicyclic) bond motifs is 1. The van der Waals surface area contributed by atoms with E-state index in [4.69, 9.17) is 11.6 Å². The Balaban J connectivity index is 1.68. The smallest absolute Gasteiger partial charge is 0.273 e. The highest BCUT2D eigenvalue weighted by atomic mass is 35.5. The van der Waals surface area contributed by atoms with Crippen molar-refractivity contribution in [1.82, 2.24) is 10.0 Å². The van der Waals surface area contributed by atoms with Crippen molar-refractivity contribution in [2.24, 2.45) is 17.8 Å². The number of hydrogen-bond donors (Lipinski definition) is 0. The number of hydrogen-bond acceptors (Lipinski definition) is 4. The van der Waals surface area contributed by atoms with Crippen LogP contribution in [0, 0.1) is 24.7 Å². The Morgan fingerprint density at radius 1 is 0.938 bits per heavy atom. The summed E-state index contributed by atoms with van der Waals surface area (Å²) in [6.07, 6.45) is 2.09. The van der Waals surface area contributed by atoms with Crippen LogP contribution in [0.5, 0.6) is 0 Å². The van der Waals surface area contributed by atoms with Crippen LogP contribution in [0.1, 0.15) is 52.5 Å². The first-order valence-corrected chi connectivity index (χ1v) is 11.2. The SMILES string of the molecule is Cc1ccc(C(=O)CN(C(=O)c2ccc(Cl)cc2)N2C(=O)[C@H]3C[C@H](C)CC[C@H]3C2=O)cc1. The number of carbonyl (C=O) groups excluding carboxylic acids is 4. The van der Waals surface area contributed by atoms with Crippen molar-refractivity contribution >= 4 is 35.1 Å². The monoisotopic (exact) mass is 452 g/mol. The van der Waals surface area contributed by atoms with Gasteiger partial charge in [-0.2, -0.15) is 5.01 Å². The van der Waals surface area contributed by atoms with Crippen LogP contribution >= 0.6 is 11.6 Å². The van der Waals surface area contributed by atoms with E-state index in [1.165, 1.54) is 12.1 Å². The highest BCUT2D eigenvalue weighted by molar-refractivity contribution is 6.30. The third-order valence-corrected chi connectivity index (χ3v) is 6.65. The van der Waals surface area contributed by atoms with E-state index < -0.39 is 36.1 Å². The number of ketones is 1. The Bertz CT molecular complexity index is 1060. The number of aryl methyl sites for hydroxylation is 1. The highest BCUT2D eigenvalue weighted by Gasteiger charge is 2.52. The molecular weight excluding hydrogens is 428 g/mol. The quantitative estimate of drug-likeness (QED) is 0.500. The molecule has 0 bridgehead atoms. The second-order valence-electron chi connectivity index (χ2n) is 8.78. The minimum atomic E-state index is -0.587. The molecule has 7 heteroatoms. The fraction of sp³-hybridized carbons (Fsp3) is 0.360. The van der Waals surface area contributed by atoms with Gasteiger partial charge in [0.1, 0.15) is 6.54 Å². The Morgan fingerprint density at radius 2 is 1.53 bits per heavy atom. The molecule has 2 aliphatic rings. The maximum Gasteiger partial charge on any atom is 0.273 e. The lowest BCUT2D eigenvalue weighted by Gasteiger charge is -2.30. The summed E-state index contributed by atoms with van der Waals surface area (Å²) in [4.78, 5) is 52.9. The molecule has 0 unspecified atom stereocenters. The first-order chi connectivity index (χ1) is 15.3. The zero-order valence-electron chi connectivity index (χ0n) is 18.1. The molecule has 166 valence electrons. The van der Waals surface area contributed by atoms with Gasteiger partial charge in [-0.1, -0.05) is 48.4 Å². The highest BCUT2D eigenvalue weighted by Crippen LogP contribution is 2.41. The fourth-order valence-electron chi connectivity index (χ4n) is 4.55. The van der Waals surface area contributed by atoms with Crippen molar-refractivity contribution in [1.29, 1.82) is 0 Å². The average Bonchev–Trinajstić information content (AvgIpc) is 3.02. The number of hydrazine groups is 1. The van der Waals surface area contributed by atoms with Gasteiger partial charge in [-0.15, -0.1) is 0 Å². The van der Waals surface area contributed by atoms with Gasteiger partial charge in [-0.05, 0) is 56.4 Å². The van der Waals surface area contributed by atoms with Gasteiger partial charge in [0.05, 0.1) is 11.8 Å². The van der Waals surface area contributed by atoms with Gasteiger partial charge in [0.25, 0.3) is 17.7 Å². The Morgan fingerprint density at radius 3 is 2.19 bits per heavy atom. The van der Waals surface area contributed by atoms with Crippen molar-refractivity contribution in [2.45, 2.75) is 33.1 Å². The fourth-order valence-corrected chi connectivity index (χ4v) is 4.68. The van der Waals surface area contributed by atoms with Gasteiger partial charge >= 0.3 is 0 Å². The minimum Gasteiger partial charge on any atom is -0.292 e. The number of benzene rings is 2. The molecule has 1 saturated heterocycles. The number of amides is 3. The molecule has 0 radical (unpaired) electrons. The third-order valence-electron chi connectivity index (χ3n) is 6.40.